The zero-order valence-electron chi connectivity index (χ0n) is 7.87. The zero-order valence-corrected chi connectivity index (χ0v) is 7.87. The zero-order chi connectivity index (χ0) is 9.26. The van der Waals surface area contributed by atoms with Gasteiger partial charge in [0.05, 0.1) is 0 Å². The van der Waals surface area contributed by atoms with E-state index >= 15 is 0 Å². The monoisotopic (exact) mass is 175 g/mol. The van der Waals surface area contributed by atoms with Crippen LogP contribution >= 0.6 is 0 Å². The van der Waals surface area contributed by atoms with Crippen LogP contribution in [0, 0.1) is 6.92 Å². The van der Waals surface area contributed by atoms with Gasteiger partial charge in [-0.25, -0.2) is 0 Å². The standard InChI is InChI=1S/C11H13NO/c1-8-5-3-4-6-10(8)11-7-12-9(2)13-11/h3-7,9,12H,1-2H3/t9-/m1/s1. The molecule has 0 spiro atoms. The van der Waals surface area contributed by atoms with Crippen molar-refractivity contribution in [2.45, 2.75) is 20.1 Å². The molecule has 1 aromatic rings. The predicted molar refractivity (Wildman–Crippen MR) is 52.8 cm³/mol. The summed E-state index contributed by atoms with van der Waals surface area (Å²) in [7, 11) is 0. The maximum atomic E-state index is 5.58. The first kappa shape index (κ1) is 8.17. The van der Waals surface area contributed by atoms with Gasteiger partial charge in [0.25, 0.3) is 0 Å². The van der Waals surface area contributed by atoms with Crippen molar-refractivity contribution < 1.29 is 4.74 Å². The number of ether oxygens (including phenoxy) is 1. The summed E-state index contributed by atoms with van der Waals surface area (Å²) in [5, 5.41) is 3.11. The number of rotatable bonds is 1. The first-order valence-electron chi connectivity index (χ1n) is 4.46. The molecule has 0 radical (unpaired) electrons. The number of aryl methyl sites for hydroxylation is 1. The van der Waals surface area contributed by atoms with E-state index in [0.717, 1.165) is 5.76 Å². The Morgan fingerprint density at radius 1 is 1.31 bits per heavy atom. The average Bonchev–Trinajstić information content (AvgIpc) is 2.53. The first-order valence-corrected chi connectivity index (χ1v) is 4.46. The number of hydrogen-bond donors (Lipinski definition) is 1. The molecule has 1 aromatic carbocycles. The van der Waals surface area contributed by atoms with Crippen molar-refractivity contribution in [1.82, 2.24) is 5.32 Å². The lowest BCUT2D eigenvalue weighted by atomic mass is 10.1. The predicted octanol–water partition coefficient (Wildman–Crippen LogP) is 2.26. The second-order valence-electron chi connectivity index (χ2n) is 3.25. The summed E-state index contributed by atoms with van der Waals surface area (Å²) in [6.07, 6.45) is 2.02. The molecule has 0 amide bonds. The molecule has 0 bridgehead atoms. The molecule has 0 unspecified atom stereocenters. The molecule has 0 saturated heterocycles. The summed E-state index contributed by atoms with van der Waals surface area (Å²) >= 11 is 0. The molecule has 0 fully saturated rings. The molecule has 13 heavy (non-hydrogen) atoms. The van der Waals surface area contributed by atoms with Crippen LogP contribution in [0.5, 0.6) is 0 Å². The molecule has 1 atom stereocenters. The van der Waals surface area contributed by atoms with Crippen LogP contribution in [0.15, 0.2) is 30.5 Å². The van der Waals surface area contributed by atoms with Gasteiger partial charge in [0.15, 0.2) is 6.23 Å². The fraction of sp³-hybridized carbons (Fsp3) is 0.273. The topological polar surface area (TPSA) is 21.3 Å². The van der Waals surface area contributed by atoms with Gasteiger partial charge in [0.2, 0.25) is 0 Å². The highest BCUT2D eigenvalue weighted by molar-refractivity contribution is 5.63. The van der Waals surface area contributed by atoms with Crippen LogP contribution in [0.25, 0.3) is 5.76 Å². The van der Waals surface area contributed by atoms with E-state index < -0.39 is 0 Å². The Hall–Kier alpha value is -1.44. The van der Waals surface area contributed by atoms with Crippen molar-refractivity contribution in [3.8, 4) is 0 Å². The summed E-state index contributed by atoms with van der Waals surface area (Å²) in [5.74, 6) is 0.936. The van der Waals surface area contributed by atoms with Gasteiger partial charge in [-0.3, -0.25) is 0 Å². The summed E-state index contributed by atoms with van der Waals surface area (Å²) < 4.78 is 5.58. The fourth-order valence-corrected chi connectivity index (χ4v) is 1.44. The van der Waals surface area contributed by atoms with Crippen molar-refractivity contribution in [2.24, 2.45) is 0 Å². The summed E-state index contributed by atoms with van der Waals surface area (Å²) in [6, 6.07) is 8.21. The van der Waals surface area contributed by atoms with Gasteiger partial charge < -0.3 is 10.1 Å². The molecule has 1 aliphatic rings. The maximum Gasteiger partial charge on any atom is 0.166 e. The SMILES string of the molecule is Cc1ccccc1C1=CN[C@@H](C)O1. The molecule has 2 nitrogen and oxygen atoms in total. The lowest BCUT2D eigenvalue weighted by Gasteiger charge is -2.09. The highest BCUT2D eigenvalue weighted by atomic mass is 16.5. The third kappa shape index (κ3) is 1.52. The van der Waals surface area contributed by atoms with Crippen molar-refractivity contribution in [3.05, 3.63) is 41.6 Å². The third-order valence-corrected chi connectivity index (χ3v) is 2.16. The third-order valence-electron chi connectivity index (χ3n) is 2.16. The van der Waals surface area contributed by atoms with Crippen molar-refractivity contribution in [2.75, 3.05) is 0 Å². The summed E-state index contributed by atoms with van der Waals surface area (Å²) in [6.45, 7) is 4.07. The van der Waals surface area contributed by atoms with E-state index in [0.29, 0.717) is 0 Å². The Morgan fingerprint density at radius 2 is 2.08 bits per heavy atom. The quantitative estimate of drug-likeness (QED) is 0.707. The second kappa shape index (κ2) is 3.13. The van der Waals surface area contributed by atoms with Crippen LogP contribution in [0.1, 0.15) is 18.1 Å². The maximum absolute atomic E-state index is 5.58. The lowest BCUT2D eigenvalue weighted by Crippen LogP contribution is -2.15. The Balaban J connectivity index is 2.31. The highest BCUT2D eigenvalue weighted by Crippen LogP contribution is 2.23. The largest absolute Gasteiger partial charge is 0.469 e. The highest BCUT2D eigenvalue weighted by Gasteiger charge is 2.14. The van der Waals surface area contributed by atoms with Crippen LogP contribution in [0.4, 0.5) is 0 Å². The molecule has 1 N–H and O–H groups in total. The normalized spacial score (nSPS) is 20.5. The van der Waals surface area contributed by atoms with Gasteiger partial charge in [0.1, 0.15) is 5.76 Å². The number of nitrogens with one attached hydrogen (secondary N) is 1. The fourth-order valence-electron chi connectivity index (χ4n) is 1.44. The molecule has 68 valence electrons. The first-order chi connectivity index (χ1) is 6.27. The van der Waals surface area contributed by atoms with Gasteiger partial charge in [-0.1, -0.05) is 24.3 Å². The van der Waals surface area contributed by atoms with Gasteiger partial charge >= 0.3 is 0 Å². The van der Waals surface area contributed by atoms with Crippen LogP contribution < -0.4 is 5.32 Å². The van der Waals surface area contributed by atoms with Crippen molar-refractivity contribution in [3.63, 3.8) is 0 Å². The van der Waals surface area contributed by atoms with E-state index in [2.05, 4.69) is 24.4 Å². The van der Waals surface area contributed by atoms with E-state index in [4.69, 9.17) is 4.74 Å². The minimum absolute atomic E-state index is 0.0922. The van der Waals surface area contributed by atoms with Gasteiger partial charge in [0, 0.05) is 11.8 Å². The number of hydrogen-bond acceptors (Lipinski definition) is 2. The molecule has 0 aromatic heterocycles. The van der Waals surface area contributed by atoms with Gasteiger partial charge in [-0.2, -0.15) is 0 Å². The van der Waals surface area contributed by atoms with Crippen LogP contribution in [0.3, 0.4) is 0 Å². The Labute approximate surface area is 78.2 Å². The summed E-state index contributed by atoms with van der Waals surface area (Å²) in [4.78, 5) is 0. The Bertz CT molecular complexity index is 344. The summed E-state index contributed by atoms with van der Waals surface area (Å²) in [5.41, 5.74) is 2.41. The van der Waals surface area contributed by atoms with E-state index in [-0.39, 0.29) is 6.23 Å². The minimum atomic E-state index is 0.0922. The van der Waals surface area contributed by atoms with E-state index in [1.54, 1.807) is 0 Å². The van der Waals surface area contributed by atoms with Crippen LogP contribution in [-0.2, 0) is 4.74 Å². The van der Waals surface area contributed by atoms with Crippen molar-refractivity contribution in [1.29, 1.82) is 0 Å². The van der Waals surface area contributed by atoms with E-state index in [9.17, 15) is 0 Å². The van der Waals surface area contributed by atoms with Gasteiger partial charge in [-0.15, -0.1) is 0 Å². The Kier molecular flexibility index (Phi) is 1.97. The van der Waals surface area contributed by atoms with E-state index in [1.807, 2.05) is 25.3 Å². The van der Waals surface area contributed by atoms with E-state index in [1.165, 1.54) is 11.1 Å². The molecule has 1 heterocycles. The molecule has 2 rings (SSSR count). The molecule has 0 saturated carbocycles. The molecule has 0 aliphatic carbocycles. The number of benzene rings is 1. The van der Waals surface area contributed by atoms with Gasteiger partial charge in [-0.05, 0) is 19.4 Å². The molecular formula is C11H13NO. The smallest absolute Gasteiger partial charge is 0.166 e. The second-order valence-corrected chi connectivity index (χ2v) is 3.25. The minimum Gasteiger partial charge on any atom is -0.469 e. The molecular weight excluding hydrogens is 162 g/mol. The van der Waals surface area contributed by atoms with Crippen LogP contribution in [-0.4, -0.2) is 6.23 Å². The Morgan fingerprint density at radius 3 is 2.69 bits per heavy atom. The van der Waals surface area contributed by atoms with Crippen molar-refractivity contribution >= 4 is 5.76 Å². The molecule has 2 heteroatoms. The average molecular weight is 175 g/mol. The van der Waals surface area contributed by atoms with Crippen LogP contribution in [0.2, 0.25) is 0 Å². The molecule has 1 aliphatic heterocycles. The lowest BCUT2D eigenvalue weighted by molar-refractivity contribution is 0.191.